The van der Waals surface area contributed by atoms with E-state index in [1.54, 1.807) is 22.8 Å². The molecule has 0 radical (unpaired) electrons. The number of benzene rings is 1. The summed E-state index contributed by atoms with van der Waals surface area (Å²) in [5.74, 6) is 0. The Morgan fingerprint density at radius 3 is 2.50 bits per heavy atom. The van der Waals surface area contributed by atoms with E-state index in [0.717, 1.165) is 42.1 Å². The minimum atomic E-state index is 0.145. The molecule has 0 amide bonds. The number of aryl methyl sites for hydroxylation is 1. The molecule has 0 bridgehead atoms. The second kappa shape index (κ2) is 8.39. The smallest absolute Gasteiger partial charge is 0.150 e. The first kappa shape index (κ1) is 17.9. The van der Waals surface area contributed by atoms with Crippen LogP contribution in [0.3, 0.4) is 0 Å². The monoisotopic (exact) mass is 326 g/mol. The number of hydrogen-bond donors (Lipinski definition) is 1. The summed E-state index contributed by atoms with van der Waals surface area (Å²) in [5, 5.41) is 13.1. The van der Waals surface area contributed by atoms with Crippen LogP contribution in [0.5, 0.6) is 0 Å². The molecular formula is C18H22N4O2. The first-order valence-corrected chi connectivity index (χ1v) is 7.93. The lowest BCUT2D eigenvalue weighted by Crippen LogP contribution is -2.40. The van der Waals surface area contributed by atoms with Crippen molar-refractivity contribution in [3.05, 3.63) is 35.0 Å². The minimum absolute atomic E-state index is 0.145. The van der Waals surface area contributed by atoms with Crippen LogP contribution in [-0.4, -0.2) is 55.3 Å². The van der Waals surface area contributed by atoms with Crippen molar-refractivity contribution in [3.8, 4) is 6.07 Å². The number of carbonyl (C=O) groups is 2. The third-order valence-electron chi connectivity index (χ3n) is 4.24. The third-order valence-corrected chi connectivity index (χ3v) is 4.24. The van der Waals surface area contributed by atoms with Crippen molar-refractivity contribution in [1.82, 2.24) is 14.8 Å². The Morgan fingerprint density at radius 2 is 2.00 bits per heavy atom. The highest BCUT2D eigenvalue weighted by molar-refractivity contribution is 5.93. The Balaban J connectivity index is 0.000000249. The van der Waals surface area contributed by atoms with Crippen LogP contribution in [0.15, 0.2) is 18.2 Å². The van der Waals surface area contributed by atoms with E-state index in [9.17, 15) is 9.59 Å². The van der Waals surface area contributed by atoms with Gasteiger partial charge in [0.1, 0.15) is 24.3 Å². The van der Waals surface area contributed by atoms with Crippen LogP contribution in [0, 0.1) is 18.3 Å². The van der Waals surface area contributed by atoms with Crippen LogP contribution >= 0.6 is 0 Å². The Labute approximate surface area is 141 Å². The molecule has 0 spiro atoms. The molecule has 0 saturated carbocycles. The zero-order chi connectivity index (χ0) is 17.5. The Morgan fingerprint density at radius 1 is 1.29 bits per heavy atom. The Hall–Kier alpha value is -2.49. The van der Waals surface area contributed by atoms with Gasteiger partial charge in [-0.15, -0.1) is 0 Å². The maximum Gasteiger partial charge on any atom is 0.150 e. The van der Waals surface area contributed by atoms with E-state index in [0.29, 0.717) is 11.3 Å². The summed E-state index contributed by atoms with van der Waals surface area (Å²) < 4.78 is 1.64. The van der Waals surface area contributed by atoms with Crippen LogP contribution in [-0.2, 0) is 11.3 Å². The van der Waals surface area contributed by atoms with Gasteiger partial charge in [0.25, 0.3) is 0 Å². The van der Waals surface area contributed by atoms with Crippen LogP contribution in [0.2, 0.25) is 0 Å². The van der Waals surface area contributed by atoms with Gasteiger partial charge in [-0.05, 0) is 37.7 Å². The molecule has 1 aliphatic rings. The predicted molar refractivity (Wildman–Crippen MR) is 93.2 cm³/mol. The normalized spacial score (nSPS) is 14.5. The molecule has 0 atom stereocenters. The molecule has 1 aromatic carbocycles. The maximum atomic E-state index is 10.8. The zero-order valence-corrected chi connectivity index (χ0v) is 14.1. The van der Waals surface area contributed by atoms with Crippen molar-refractivity contribution >= 4 is 23.5 Å². The van der Waals surface area contributed by atoms with Crippen molar-refractivity contribution in [3.63, 3.8) is 0 Å². The van der Waals surface area contributed by atoms with Gasteiger partial charge in [0.15, 0.2) is 0 Å². The highest BCUT2D eigenvalue weighted by Crippen LogP contribution is 2.24. The third kappa shape index (κ3) is 3.88. The van der Waals surface area contributed by atoms with Crippen LogP contribution in [0.25, 0.3) is 10.9 Å². The molecule has 126 valence electrons. The number of piperazine rings is 1. The van der Waals surface area contributed by atoms with Gasteiger partial charge in [0.05, 0.1) is 6.54 Å². The maximum absolute atomic E-state index is 10.8. The van der Waals surface area contributed by atoms with Crippen molar-refractivity contribution in [1.29, 1.82) is 5.26 Å². The molecular weight excluding hydrogens is 304 g/mol. The van der Waals surface area contributed by atoms with E-state index >= 15 is 0 Å². The predicted octanol–water partition coefficient (Wildman–Crippen LogP) is 1.35. The number of aromatic nitrogens is 1. The van der Waals surface area contributed by atoms with Crippen molar-refractivity contribution < 1.29 is 9.59 Å². The summed E-state index contributed by atoms with van der Waals surface area (Å²) in [6.45, 7) is 6.72. The van der Waals surface area contributed by atoms with Gasteiger partial charge in [-0.3, -0.25) is 4.79 Å². The summed E-state index contributed by atoms with van der Waals surface area (Å²) in [7, 11) is 2.15. The van der Waals surface area contributed by atoms with Gasteiger partial charge < -0.3 is 19.6 Å². The molecule has 1 aliphatic heterocycles. The largest absolute Gasteiger partial charge is 0.325 e. The molecule has 2 heterocycles. The van der Waals surface area contributed by atoms with Crippen molar-refractivity contribution in [2.75, 3.05) is 33.2 Å². The number of rotatable bonds is 3. The van der Waals surface area contributed by atoms with E-state index in [1.807, 2.05) is 6.92 Å². The first-order chi connectivity index (χ1) is 11.6. The molecule has 2 aromatic rings. The number of carbonyl (C=O) groups excluding carboxylic acids is 2. The highest BCUT2D eigenvalue weighted by Gasteiger charge is 2.11. The summed E-state index contributed by atoms with van der Waals surface area (Å²) >= 11 is 0. The zero-order valence-electron chi connectivity index (χ0n) is 14.1. The summed E-state index contributed by atoms with van der Waals surface area (Å²) in [6.07, 6.45) is 1.54. The minimum Gasteiger partial charge on any atom is -0.325 e. The number of fused-ring (bicyclic) bond motifs is 1. The molecule has 1 fully saturated rings. The van der Waals surface area contributed by atoms with Gasteiger partial charge in [0, 0.05) is 42.6 Å². The Kier molecular flexibility index (Phi) is 6.24. The van der Waals surface area contributed by atoms with Gasteiger partial charge in [-0.1, -0.05) is 0 Å². The molecule has 0 aliphatic carbocycles. The molecule has 1 aromatic heterocycles. The van der Waals surface area contributed by atoms with Gasteiger partial charge in [-0.25, -0.2) is 0 Å². The lowest BCUT2D eigenvalue weighted by atomic mass is 10.1. The van der Waals surface area contributed by atoms with E-state index in [2.05, 4.69) is 23.3 Å². The Bertz CT molecular complexity index is 767. The lowest BCUT2D eigenvalue weighted by Gasteiger charge is -2.21. The van der Waals surface area contributed by atoms with Gasteiger partial charge in [-0.2, -0.15) is 5.26 Å². The van der Waals surface area contributed by atoms with E-state index in [1.165, 1.54) is 13.1 Å². The number of hydrogen-bond acceptors (Lipinski definition) is 5. The fraction of sp³-hybridized carbons (Fsp3) is 0.389. The second-order valence-corrected chi connectivity index (χ2v) is 5.80. The number of nitriles is 1. The number of likely N-dealkylation sites (N-methyl/N-ethyl adjacent to an activating group) is 1. The first-order valence-electron chi connectivity index (χ1n) is 7.93. The fourth-order valence-electron chi connectivity index (χ4n) is 2.76. The molecule has 6 heteroatoms. The number of nitrogens with zero attached hydrogens (tertiary/aromatic N) is 3. The highest BCUT2D eigenvalue weighted by atomic mass is 16.1. The summed E-state index contributed by atoms with van der Waals surface area (Å²) in [4.78, 5) is 23.8. The van der Waals surface area contributed by atoms with Crippen molar-refractivity contribution in [2.24, 2.45) is 0 Å². The fourth-order valence-corrected chi connectivity index (χ4v) is 2.76. The quantitative estimate of drug-likeness (QED) is 0.862. The lowest BCUT2D eigenvalue weighted by molar-refractivity contribution is -0.108. The molecule has 6 nitrogen and oxygen atoms in total. The topological polar surface area (TPSA) is 78.1 Å². The van der Waals surface area contributed by atoms with Crippen LogP contribution in [0.4, 0.5) is 0 Å². The standard InChI is InChI=1S/C13H10N2O2.C5H12N2/c1-9-10(8-17)2-3-13-12(9)6-11(7-14)15(13)4-5-16;1-7-4-2-6-3-5-7/h2-3,5-6,8H,4H2,1H3;6H,2-5H2,1H3. The van der Waals surface area contributed by atoms with Gasteiger partial charge >= 0.3 is 0 Å². The van der Waals surface area contributed by atoms with Crippen LogP contribution < -0.4 is 5.32 Å². The molecule has 1 N–H and O–H groups in total. The SMILES string of the molecule is CN1CCNCC1.Cc1c(C=O)ccc2c1cc(C#N)n2CC=O. The van der Waals surface area contributed by atoms with Crippen molar-refractivity contribution in [2.45, 2.75) is 13.5 Å². The number of nitrogens with one attached hydrogen (secondary N) is 1. The molecule has 1 saturated heterocycles. The molecule has 24 heavy (non-hydrogen) atoms. The number of aldehydes is 2. The van der Waals surface area contributed by atoms with E-state index in [4.69, 9.17) is 5.26 Å². The average molecular weight is 326 g/mol. The molecule has 3 rings (SSSR count). The average Bonchev–Trinajstić information content (AvgIpc) is 2.96. The van der Waals surface area contributed by atoms with E-state index < -0.39 is 0 Å². The van der Waals surface area contributed by atoms with Crippen LogP contribution in [0.1, 0.15) is 21.6 Å². The van der Waals surface area contributed by atoms with E-state index in [-0.39, 0.29) is 6.54 Å². The summed E-state index contributed by atoms with van der Waals surface area (Å²) in [6, 6.07) is 7.22. The van der Waals surface area contributed by atoms with Gasteiger partial charge in [0.2, 0.25) is 0 Å². The molecule has 0 unspecified atom stereocenters. The second-order valence-electron chi connectivity index (χ2n) is 5.80. The summed E-state index contributed by atoms with van der Waals surface area (Å²) in [5.41, 5.74) is 2.67.